The van der Waals surface area contributed by atoms with E-state index in [1.54, 1.807) is 24.3 Å². The summed E-state index contributed by atoms with van der Waals surface area (Å²) < 4.78 is 5.15. The van der Waals surface area contributed by atoms with Crippen LogP contribution in [0.2, 0.25) is 10.0 Å². The van der Waals surface area contributed by atoms with Crippen LogP contribution in [0.1, 0.15) is 0 Å². The van der Waals surface area contributed by atoms with Crippen molar-refractivity contribution in [3.05, 3.63) is 62.6 Å². The Kier molecular flexibility index (Phi) is 3.79. The topological polar surface area (TPSA) is 82.1 Å². The van der Waals surface area contributed by atoms with Gasteiger partial charge in [0, 0.05) is 22.7 Å². The van der Waals surface area contributed by atoms with Crippen molar-refractivity contribution in [2.24, 2.45) is 0 Å². The summed E-state index contributed by atoms with van der Waals surface area (Å²) in [5.41, 5.74) is 0.912. The van der Waals surface area contributed by atoms with Gasteiger partial charge in [0.1, 0.15) is 0 Å². The molecule has 3 aromatic rings. The zero-order valence-electron chi connectivity index (χ0n) is 10.9. The van der Waals surface area contributed by atoms with Crippen LogP contribution < -0.4 is 0 Å². The summed E-state index contributed by atoms with van der Waals surface area (Å²) >= 11 is 11.9. The number of benzene rings is 2. The van der Waals surface area contributed by atoms with Crippen LogP contribution in [0.4, 0.5) is 5.69 Å². The molecule has 0 amide bonds. The largest absolute Gasteiger partial charge is 0.334 e. The second-order valence-electron chi connectivity index (χ2n) is 4.35. The summed E-state index contributed by atoms with van der Waals surface area (Å²) in [5.74, 6) is 0.452. The molecule has 22 heavy (non-hydrogen) atoms. The molecule has 1 heterocycles. The van der Waals surface area contributed by atoms with E-state index in [0.29, 0.717) is 22.0 Å². The molecule has 110 valence electrons. The summed E-state index contributed by atoms with van der Waals surface area (Å²) in [4.78, 5) is 14.5. The Balaban J connectivity index is 2.02. The monoisotopic (exact) mass is 335 g/mol. The fraction of sp³-hybridized carbons (Fsp3) is 0. The molecule has 0 bridgehead atoms. The van der Waals surface area contributed by atoms with Gasteiger partial charge in [-0.25, -0.2) is 0 Å². The molecule has 0 aliphatic heterocycles. The zero-order chi connectivity index (χ0) is 15.7. The number of non-ortho nitro benzene ring substituents is 1. The Morgan fingerprint density at radius 3 is 2.50 bits per heavy atom. The molecule has 0 atom stereocenters. The highest BCUT2D eigenvalue weighted by molar-refractivity contribution is 6.33. The molecule has 0 radical (unpaired) electrons. The summed E-state index contributed by atoms with van der Waals surface area (Å²) in [7, 11) is 0. The Hall–Kier alpha value is -2.44. The lowest BCUT2D eigenvalue weighted by Gasteiger charge is -1.98. The van der Waals surface area contributed by atoms with E-state index >= 15 is 0 Å². The highest BCUT2D eigenvalue weighted by Crippen LogP contribution is 2.31. The van der Waals surface area contributed by atoms with Gasteiger partial charge in [0.25, 0.3) is 11.6 Å². The number of nitro benzene ring substituents is 1. The van der Waals surface area contributed by atoms with Gasteiger partial charge in [0.2, 0.25) is 5.82 Å². The lowest BCUT2D eigenvalue weighted by atomic mass is 10.2. The van der Waals surface area contributed by atoms with Crippen molar-refractivity contribution >= 4 is 28.9 Å². The first-order valence-electron chi connectivity index (χ1n) is 6.08. The van der Waals surface area contributed by atoms with Crippen LogP contribution in [0.25, 0.3) is 22.8 Å². The second-order valence-corrected chi connectivity index (χ2v) is 5.19. The first-order valence-corrected chi connectivity index (χ1v) is 6.84. The third-order valence-corrected chi connectivity index (χ3v) is 3.50. The summed E-state index contributed by atoms with van der Waals surface area (Å²) in [6.07, 6.45) is 0. The SMILES string of the molecule is O=[N+]([O-])c1ccc(Cl)c(-c2nc(-c3ccc(Cl)cc3)no2)c1. The molecule has 0 saturated carbocycles. The number of nitrogens with zero attached hydrogens (tertiary/aromatic N) is 3. The maximum absolute atomic E-state index is 10.8. The van der Waals surface area contributed by atoms with Crippen LogP contribution in [0.3, 0.4) is 0 Å². The van der Waals surface area contributed by atoms with E-state index < -0.39 is 4.92 Å². The number of halogens is 2. The highest BCUT2D eigenvalue weighted by Gasteiger charge is 2.17. The molecule has 2 aromatic carbocycles. The first-order chi connectivity index (χ1) is 10.5. The maximum atomic E-state index is 10.8. The van der Waals surface area contributed by atoms with Crippen LogP contribution in [0, 0.1) is 10.1 Å². The fourth-order valence-electron chi connectivity index (χ4n) is 1.84. The van der Waals surface area contributed by atoms with Gasteiger partial charge in [0.05, 0.1) is 15.5 Å². The lowest BCUT2D eigenvalue weighted by Crippen LogP contribution is -1.89. The van der Waals surface area contributed by atoms with Gasteiger partial charge in [0.15, 0.2) is 0 Å². The molecule has 0 spiro atoms. The standard InChI is InChI=1S/C14H7Cl2N3O3/c15-9-3-1-8(2-4-9)13-17-14(22-18-13)11-7-10(19(20)21)5-6-12(11)16/h1-7H. The number of aromatic nitrogens is 2. The molecule has 0 aliphatic rings. The minimum Gasteiger partial charge on any atom is -0.334 e. The van der Waals surface area contributed by atoms with E-state index in [9.17, 15) is 10.1 Å². The third-order valence-electron chi connectivity index (χ3n) is 2.92. The van der Waals surface area contributed by atoms with Gasteiger partial charge < -0.3 is 4.52 Å². The average Bonchev–Trinajstić information content (AvgIpc) is 2.98. The quantitative estimate of drug-likeness (QED) is 0.515. The molecule has 3 rings (SSSR count). The number of hydrogen-bond donors (Lipinski definition) is 0. The van der Waals surface area contributed by atoms with Crippen LogP contribution in [0.5, 0.6) is 0 Å². The minimum atomic E-state index is -0.518. The van der Waals surface area contributed by atoms with Gasteiger partial charge in [-0.3, -0.25) is 10.1 Å². The second kappa shape index (κ2) is 5.75. The minimum absolute atomic E-state index is 0.106. The van der Waals surface area contributed by atoms with E-state index in [2.05, 4.69) is 10.1 Å². The number of hydrogen-bond acceptors (Lipinski definition) is 5. The summed E-state index contributed by atoms with van der Waals surface area (Å²) in [6, 6.07) is 10.9. The average molecular weight is 336 g/mol. The number of nitro groups is 1. The smallest absolute Gasteiger partial charge is 0.270 e. The van der Waals surface area contributed by atoms with E-state index in [0.717, 1.165) is 0 Å². The lowest BCUT2D eigenvalue weighted by molar-refractivity contribution is -0.384. The van der Waals surface area contributed by atoms with Crippen molar-refractivity contribution in [3.63, 3.8) is 0 Å². The normalized spacial score (nSPS) is 10.6. The molecule has 0 unspecified atom stereocenters. The molecule has 0 N–H and O–H groups in total. The highest BCUT2D eigenvalue weighted by atomic mass is 35.5. The van der Waals surface area contributed by atoms with Gasteiger partial charge >= 0.3 is 0 Å². The maximum Gasteiger partial charge on any atom is 0.270 e. The van der Waals surface area contributed by atoms with Gasteiger partial charge in [-0.1, -0.05) is 28.4 Å². The molecule has 0 fully saturated rings. The van der Waals surface area contributed by atoms with Crippen molar-refractivity contribution in [1.29, 1.82) is 0 Å². The van der Waals surface area contributed by atoms with Gasteiger partial charge in [-0.05, 0) is 30.3 Å². The molecule has 6 nitrogen and oxygen atoms in total. The van der Waals surface area contributed by atoms with Crippen molar-refractivity contribution in [2.75, 3.05) is 0 Å². The van der Waals surface area contributed by atoms with E-state index in [1.165, 1.54) is 18.2 Å². The summed E-state index contributed by atoms with van der Waals surface area (Å²) in [5, 5.41) is 15.6. The van der Waals surface area contributed by atoms with Crippen LogP contribution in [0.15, 0.2) is 47.0 Å². The van der Waals surface area contributed by atoms with E-state index in [4.69, 9.17) is 27.7 Å². The molecular weight excluding hydrogens is 329 g/mol. The number of rotatable bonds is 3. The first kappa shape index (κ1) is 14.5. The van der Waals surface area contributed by atoms with Crippen LogP contribution in [-0.4, -0.2) is 15.1 Å². The van der Waals surface area contributed by atoms with Crippen LogP contribution in [-0.2, 0) is 0 Å². The van der Waals surface area contributed by atoms with Crippen molar-refractivity contribution in [3.8, 4) is 22.8 Å². The van der Waals surface area contributed by atoms with Gasteiger partial charge in [-0.2, -0.15) is 4.98 Å². The predicted octanol–water partition coefficient (Wildman–Crippen LogP) is 4.62. The van der Waals surface area contributed by atoms with E-state index in [-0.39, 0.29) is 16.6 Å². The Morgan fingerprint density at radius 1 is 1.09 bits per heavy atom. The molecule has 1 aromatic heterocycles. The van der Waals surface area contributed by atoms with E-state index in [1.807, 2.05) is 0 Å². The summed E-state index contributed by atoms with van der Waals surface area (Å²) in [6.45, 7) is 0. The molecular formula is C14H7Cl2N3O3. The molecule has 8 heteroatoms. The predicted molar refractivity (Wildman–Crippen MR) is 81.8 cm³/mol. The Morgan fingerprint density at radius 2 is 1.82 bits per heavy atom. The third kappa shape index (κ3) is 2.79. The van der Waals surface area contributed by atoms with Crippen molar-refractivity contribution in [1.82, 2.24) is 10.1 Å². The van der Waals surface area contributed by atoms with Crippen molar-refractivity contribution in [2.45, 2.75) is 0 Å². The Labute approximate surface area is 134 Å². The zero-order valence-corrected chi connectivity index (χ0v) is 12.4. The van der Waals surface area contributed by atoms with Gasteiger partial charge in [-0.15, -0.1) is 0 Å². The Bertz CT molecular complexity index is 847. The van der Waals surface area contributed by atoms with Crippen molar-refractivity contribution < 1.29 is 9.45 Å². The van der Waals surface area contributed by atoms with Crippen LogP contribution >= 0.6 is 23.2 Å². The fourth-order valence-corrected chi connectivity index (χ4v) is 2.16. The molecule has 0 saturated heterocycles. The molecule has 0 aliphatic carbocycles.